The first kappa shape index (κ1) is 28.8. The SMILES string of the molecule is COc1ccc(S(=O)(=O)N(C)C[C@H]2Oc3ccc(NC(=O)C4CC4)cc3CC(=O)N([C@H](C)CO)C[C@H]2C)cc1. The molecule has 1 aliphatic heterocycles. The van der Waals surface area contributed by atoms with E-state index >= 15 is 0 Å². The first-order valence-electron chi connectivity index (χ1n) is 13.1. The van der Waals surface area contributed by atoms with Crippen LogP contribution >= 0.6 is 0 Å². The number of sulfonamides is 1. The van der Waals surface area contributed by atoms with Gasteiger partial charge in [-0.3, -0.25) is 9.59 Å². The van der Waals surface area contributed by atoms with Gasteiger partial charge in [0.05, 0.1) is 37.6 Å². The van der Waals surface area contributed by atoms with Crippen LogP contribution in [0.1, 0.15) is 32.3 Å². The van der Waals surface area contributed by atoms with Crippen LogP contribution < -0.4 is 14.8 Å². The minimum atomic E-state index is -3.83. The van der Waals surface area contributed by atoms with Crippen molar-refractivity contribution >= 4 is 27.5 Å². The molecule has 0 saturated heterocycles. The molecule has 0 aromatic heterocycles. The monoisotopic (exact) mass is 559 g/mol. The van der Waals surface area contributed by atoms with Crippen molar-refractivity contribution in [1.29, 1.82) is 0 Å². The number of nitrogens with one attached hydrogen (secondary N) is 1. The van der Waals surface area contributed by atoms with Crippen LogP contribution in [0.3, 0.4) is 0 Å². The van der Waals surface area contributed by atoms with Crippen LogP contribution in [0.2, 0.25) is 0 Å². The second-order valence-electron chi connectivity index (χ2n) is 10.4. The number of benzene rings is 2. The fourth-order valence-corrected chi connectivity index (χ4v) is 5.78. The number of methoxy groups -OCH3 is 1. The summed E-state index contributed by atoms with van der Waals surface area (Å²) in [5, 5.41) is 12.7. The molecule has 1 saturated carbocycles. The summed E-state index contributed by atoms with van der Waals surface area (Å²) in [6.07, 6.45) is 1.16. The number of amides is 2. The molecule has 10 nitrogen and oxygen atoms in total. The Hall–Kier alpha value is -3.15. The van der Waals surface area contributed by atoms with E-state index in [-0.39, 0.29) is 54.7 Å². The zero-order valence-electron chi connectivity index (χ0n) is 22.8. The van der Waals surface area contributed by atoms with E-state index in [2.05, 4.69) is 5.32 Å². The molecule has 212 valence electrons. The largest absolute Gasteiger partial charge is 0.497 e. The van der Waals surface area contributed by atoms with Crippen molar-refractivity contribution in [3.8, 4) is 11.5 Å². The van der Waals surface area contributed by atoms with Gasteiger partial charge in [-0.25, -0.2) is 8.42 Å². The molecule has 2 amide bonds. The van der Waals surface area contributed by atoms with Crippen molar-refractivity contribution in [3.63, 3.8) is 0 Å². The number of ether oxygens (including phenoxy) is 2. The fourth-order valence-electron chi connectivity index (χ4n) is 4.59. The average Bonchev–Trinajstić information content (AvgIpc) is 3.77. The van der Waals surface area contributed by atoms with Gasteiger partial charge in [0.2, 0.25) is 21.8 Å². The fraction of sp³-hybridized carbons (Fsp3) is 0.500. The van der Waals surface area contributed by atoms with Gasteiger partial charge in [0.1, 0.15) is 17.6 Å². The van der Waals surface area contributed by atoms with E-state index in [1.165, 1.54) is 30.6 Å². The summed E-state index contributed by atoms with van der Waals surface area (Å²) in [6.45, 7) is 3.77. The molecule has 39 heavy (non-hydrogen) atoms. The molecule has 4 rings (SSSR count). The second-order valence-corrected chi connectivity index (χ2v) is 12.5. The summed E-state index contributed by atoms with van der Waals surface area (Å²) in [4.78, 5) is 27.4. The molecule has 2 aromatic carbocycles. The molecule has 1 heterocycles. The molecule has 2 N–H and O–H groups in total. The van der Waals surface area contributed by atoms with E-state index in [0.29, 0.717) is 22.7 Å². The number of hydrogen-bond donors (Lipinski definition) is 2. The molecule has 0 radical (unpaired) electrons. The van der Waals surface area contributed by atoms with Gasteiger partial charge >= 0.3 is 0 Å². The molecule has 0 unspecified atom stereocenters. The van der Waals surface area contributed by atoms with Crippen molar-refractivity contribution < 1.29 is 32.6 Å². The van der Waals surface area contributed by atoms with E-state index in [1.54, 1.807) is 42.2 Å². The van der Waals surface area contributed by atoms with Crippen molar-refractivity contribution in [2.24, 2.45) is 11.8 Å². The number of fused-ring (bicyclic) bond motifs is 1. The molecule has 1 fully saturated rings. The van der Waals surface area contributed by atoms with Crippen molar-refractivity contribution in [2.75, 3.05) is 39.2 Å². The molecule has 2 aromatic rings. The maximum atomic E-state index is 13.4. The van der Waals surface area contributed by atoms with Crippen LogP contribution in [-0.2, 0) is 26.0 Å². The van der Waals surface area contributed by atoms with Crippen LogP contribution in [0.15, 0.2) is 47.4 Å². The van der Waals surface area contributed by atoms with Gasteiger partial charge in [0.25, 0.3) is 0 Å². The molecule has 0 bridgehead atoms. The summed E-state index contributed by atoms with van der Waals surface area (Å²) in [6, 6.07) is 10.9. The van der Waals surface area contributed by atoms with Gasteiger partial charge in [-0.1, -0.05) is 6.92 Å². The quantitative estimate of drug-likeness (QED) is 0.484. The van der Waals surface area contributed by atoms with Crippen molar-refractivity contribution in [3.05, 3.63) is 48.0 Å². The minimum Gasteiger partial charge on any atom is -0.497 e. The molecule has 1 aliphatic carbocycles. The van der Waals surface area contributed by atoms with E-state index in [0.717, 1.165) is 12.8 Å². The minimum absolute atomic E-state index is 0.0201. The molecule has 0 spiro atoms. The Morgan fingerprint density at radius 2 is 1.92 bits per heavy atom. The number of carbonyl (C=O) groups excluding carboxylic acids is 2. The third-order valence-electron chi connectivity index (χ3n) is 7.34. The highest BCUT2D eigenvalue weighted by atomic mass is 32.2. The summed E-state index contributed by atoms with van der Waals surface area (Å²) >= 11 is 0. The Morgan fingerprint density at radius 1 is 1.23 bits per heavy atom. The van der Waals surface area contributed by atoms with E-state index in [9.17, 15) is 23.1 Å². The number of aliphatic hydroxyl groups excluding tert-OH is 1. The van der Waals surface area contributed by atoms with E-state index < -0.39 is 22.2 Å². The lowest BCUT2D eigenvalue weighted by Gasteiger charge is -2.33. The highest BCUT2D eigenvalue weighted by molar-refractivity contribution is 7.89. The number of nitrogens with zero attached hydrogens (tertiary/aromatic N) is 2. The number of rotatable bonds is 9. The zero-order valence-corrected chi connectivity index (χ0v) is 23.6. The van der Waals surface area contributed by atoms with Gasteiger partial charge in [-0.05, 0) is 62.2 Å². The third kappa shape index (κ3) is 6.71. The van der Waals surface area contributed by atoms with Gasteiger partial charge < -0.3 is 24.8 Å². The second kappa shape index (κ2) is 11.9. The topological polar surface area (TPSA) is 125 Å². The van der Waals surface area contributed by atoms with Gasteiger partial charge in [-0.15, -0.1) is 0 Å². The molecular weight excluding hydrogens is 522 g/mol. The molecule has 11 heteroatoms. The van der Waals surface area contributed by atoms with Crippen LogP contribution in [0, 0.1) is 11.8 Å². The number of likely N-dealkylation sites (N-methyl/N-ethyl adjacent to an activating group) is 1. The standard InChI is InChI=1S/C28H37N3O7S/c1-18-15-31(19(2)17-32)27(33)14-21-13-22(29-28(34)20-5-6-20)7-12-25(21)38-26(18)16-30(3)39(35,36)24-10-8-23(37-4)9-11-24/h7-13,18-20,26,32H,5-6,14-17H2,1-4H3,(H,29,34)/t18-,19-,26-/m1/s1. The normalized spacial score (nSPS) is 20.8. The lowest BCUT2D eigenvalue weighted by Crippen LogP contribution is -2.48. The first-order valence-corrected chi connectivity index (χ1v) is 14.6. The summed E-state index contributed by atoms with van der Waals surface area (Å²) < 4.78 is 39.5. The summed E-state index contributed by atoms with van der Waals surface area (Å²) in [5.41, 5.74) is 1.16. The average molecular weight is 560 g/mol. The lowest BCUT2D eigenvalue weighted by molar-refractivity contribution is -0.134. The van der Waals surface area contributed by atoms with Crippen molar-refractivity contribution in [1.82, 2.24) is 9.21 Å². The number of anilines is 1. The highest BCUT2D eigenvalue weighted by Gasteiger charge is 2.34. The highest BCUT2D eigenvalue weighted by Crippen LogP contribution is 2.33. The smallest absolute Gasteiger partial charge is 0.242 e. The summed E-state index contributed by atoms with van der Waals surface area (Å²) in [7, 11) is -0.820. The predicted molar refractivity (Wildman–Crippen MR) is 146 cm³/mol. The summed E-state index contributed by atoms with van der Waals surface area (Å²) in [5.74, 6) is 0.547. The Bertz CT molecular complexity index is 1290. The number of hydrogen-bond acceptors (Lipinski definition) is 7. The Labute approximate surface area is 229 Å². The molecule has 3 atom stereocenters. The van der Waals surface area contributed by atoms with E-state index in [4.69, 9.17) is 9.47 Å². The van der Waals surface area contributed by atoms with E-state index in [1.807, 2.05) is 6.92 Å². The predicted octanol–water partition coefficient (Wildman–Crippen LogP) is 2.51. The number of aliphatic hydroxyl groups is 1. The Balaban J connectivity index is 1.63. The molecular formula is C28H37N3O7S. The van der Waals surface area contributed by atoms with Crippen LogP contribution in [0.4, 0.5) is 5.69 Å². The first-order chi connectivity index (χ1) is 18.5. The maximum Gasteiger partial charge on any atom is 0.242 e. The van der Waals surface area contributed by atoms with Crippen molar-refractivity contribution in [2.45, 2.75) is 50.2 Å². The molecule has 2 aliphatic rings. The van der Waals surface area contributed by atoms with Gasteiger partial charge in [0, 0.05) is 36.7 Å². The number of carbonyl (C=O) groups is 2. The Kier molecular flexibility index (Phi) is 8.83. The lowest BCUT2D eigenvalue weighted by atomic mass is 10.0. The third-order valence-corrected chi connectivity index (χ3v) is 9.17. The van der Waals surface area contributed by atoms with Crippen LogP contribution in [-0.4, -0.2) is 80.5 Å². The van der Waals surface area contributed by atoms with Crippen LogP contribution in [0.25, 0.3) is 0 Å². The van der Waals surface area contributed by atoms with Gasteiger partial charge in [-0.2, -0.15) is 4.31 Å². The van der Waals surface area contributed by atoms with Gasteiger partial charge in [0.15, 0.2) is 0 Å². The Morgan fingerprint density at radius 3 is 2.54 bits per heavy atom. The maximum absolute atomic E-state index is 13.4. The van der Waals surface area contributed by atoms with Crippen LogP contribution in [0.5, 0.6) is 11.5 Å². The zero-order chi connectivity index (χ0) is 28.3.